The van der Waals surface area contributed by atoms with E-state index in [2.05, 4.69) is 31.1 Å². The molecule has 0 aromatic heterocycles. The maximum atomic E-state index is 10.9. The minimum absolute atomic E-state index is 0.473. The fourth-order valence-corrected chi connectivity index (χ4v) is 6.78. The summed E-state index contributed by atoms with van der Waals surface area (Å²) in [4.78, 5) is 2.22. The van der Waals surface area contributed by atoms with Crippen LogP contribution in [0.25, 0.3) is 0 Å². The van der Waals surface area contributed by atoms with Gasteiger partial charge in [0.1, 0.15) is 11.2 Å². The van der Waals surface area contributed by atoms with Crippen molar-refractivity contribution in [2.45, 2.75) is 49.5 Å². The van der Waals surface area contributed by atoms with Crippen LogP contribution in [0.5, 0.6) is 0 Å². The van der Waals surface area contributed by atoms with E-state index in [1.54, 1.807) is 0 Å². The van der Waals surface area contributed by atoms with E-state index in [1.165, 1.54) is 6.38 Å². The third-order valence-electron chi connectivity index (χ3n) is 8.92. The van der Waals surface area contributed by atoms with Gasteiger partial charge in [-0.05, 0) is 65.9 Å². The first-order valence-corrected chi connectivity index (χ1v) is 18.4. The van der Waals surface area contributed by atoms with Crippen molar-refractivity contribution < 1.29 is 19.7 Å². The van der Waals surface area contributed by atoms with E-state index in [0.717, 1.165) is 54.5 Å². The van der Waals surface area contributed by atoms with Crippen LogP contribution >= 0.6 is 44.0 Å². The van der Waals surface area contributed by atoms with Crippen LogP contribution in [0.15, 0.2) is 109 Å². The molecular formula is C38H46Cl3N2O4P. The number of alkyl halides is 1. The second-order valence-electron chi connectivity index (χ2n) is 11.8. The topological polar surface area (TPSA) is 74.2 Å². The highest BCUT2D eigenvalue weighted by atomic mass is 35.5. The number of likely N-dealkylation sites (tertiary alicyclic amines) is 1. The smallest absolute Gasteiger partial charge is 0.122 e. The lowest BCUT2D eigenvalue weighted by Crippen LogP contribution is -2.54. The number of hydrogen-bond acceptors (Lipinski definition) is 6. The maximum absolute atomic E-state index is 10.9. The molecule has 4 aromatic carbocycles. The summed E-state index contributed by atoms with van der Waals surface area (Å²) in [6.45, 7) is 3.77. The zero-order valence-corrected chi connectivity index (χ0v) is 30.7. The van der Waals surface area contributed by atoms with Gasteiger partial charge in [-0.15, -0.1) is 20.8 Å². The molecule has 0 radical (unpaired) electrons. The lowest BCUT2D eigenvalue weighted by Gasteiger charge is -2.45. The number of aliphatic hydroxyl groups is 2. The van der Waals surface area contributed by atoms with Gasteiger partial charge >= 0.3 is 0 Å². The van der Waals surface area contributed by atoms with E-state index in [0.29, 0.717) is 36.3 Å². The minimum atomic E-state index is -0.698. The van der Waals surface area contributed by atoms with Crippen LogP contribution in [0.2, 0.25) is 10.0 Å². The summed E-state index contributed by atoms with van der Waals surface area (Å²) < 4.78 is 12.6. The maximum Gasteiger partial charge on any atom is 0.122 e. The molecule has 48 heavy (non-hydrogen) atoms. The molecule has 10 heteroatoms. The summed E-state index contributed by atoms with van der Waals surface area (Å²) in [5, 5.41) is 26.1. The van der Waals surface area contributed by atoms with E-state index in [-0.39, 0.29) is 0 Å². The van der Waals surface area contributed by atoms with Gasteiger partial charge in [0.15, 0.2) is 0 Å². The highest BCUT2D eigenvalue weighted by molar-refractivity contribution is 7.16. The Balaban J connectivity index is 0.000000207. The van der Waals surface area contributed by atoms with Gasteiger partial charge in [-0.1, -0.05) is 108 Å². The molecule has 3 N–H and O–H groups in total. The van der Waals surface area contributed by atoms with Gasteiger partial charge in [0.2, 0.25) is 0 Å². The average Bonchev–Trinajstić information content (AvgIpc) is 3.14. The number of benzene rings is 4. The number of nitrogens with zero attached hydrogens (tertiary/aromatic N) is 1. The van der Waals surface area contributed by atoms with Crippen LogP contribution in [0.1, 0.15) is 35.1 Å². The predicted molar refractivity (Wildman–Crippen MR) is 201 cm³/mol. The molecule has 0 saturated carbocycles. The van der Waals surface area contributed by atoms with Crippen molar-refractivity contribution in [2.75, 3.05) is 38.8 Å². The van der Waals surface area contributed by atoms with Crippen molar-refractivity contribution in [3.63, 3.8) is 0 Å². The summed E-state index contributed by atoms with van der Waals surface area (Å²) in [6, 6.07) is 35.3. The highest BCUT2D eigenvalue weighted by Crippen LogP contribution is 2.39. The quantitative estimate of drug-likeness (QED) is 0.122. The number of hydrogen-bond donors (Lipinski definition) is 3. The van der Waals surface area contributed by atoms with Crippen molar-refractivity contribution >= 4 is 44.0 Å². The predicted octanol–water partition coefficient (Wildman–Crippen LogP) is 7.61. The van der Waals surface area contributed by atoms with Crippen molar-refractivity contribution in [1.82, 2.24) is 10.2 Å². The third kappa shape index (κ3) is 10.0. The van der Waals surface area contributed by atoms with Crippen LogP contribution in [0, 0.1) is 0 Å². The number of aliphatic hydroxyl groups excluding tert-OH is 2. The zero-order chi connectivity index (χ0) is 34.4. The lowest BCUT2D eigenvalue weighted by atomic mass is 9.82. The van der Waals surface area contributed by atoms with Crippen molar-refractivity contribution in [2.24, 2.45) is 0 Å². The number of halogens is 3. The molecule has 258 valence electrons. The number of piperidine rings is 2. The Labute approximate surface area is 302 Å². The molecular weight excluding hydrogens is 686 g/mol. The molecule has 2 aliphatic heterocycles. The van der Waals surface area contributed by atoms with Crippen molar-refractivity contribution in [3.05, 3.63) is 141 Å². The van der Waals surface area contributed by atoms with Gasteiger partial charge in [0.25, 0.3) is 0 Å². The van der Waals surface area contributed by atoms with E-state index in [1.807, 2.05) is 109 Å². The number of nitrogens with one attached hydrogen (secondary N) is 1. The normalized spacial score (nSPS) is 24.1. The molecule has 6 rings (SSSR count). The fourth-order valence-electron chi connectivity index (χ4n) is 6.20. The molecule has 2 aliphatic rings. The molecule has 5 atom stereocenters. The molecule has 0 amide bonds. The molecule has 4 aromatic rings. The SMILES string of the molecule is CCl.O[C@@H]1CN(CP)CC[C@@]1(OCc1ccccc1)c1ccc(Cl)cc1.O[C@@H]1CNCC[C@@]1(OCc1ccccc1)c1ccc(Cl)cc1. The van der Waals surface area contributed by atoms with Crippen molar-refractivity contribution in [3.8, 4) is 0 Å². The highest BCUT2D eigenvalue weighted by Gasteiger charge is 2.45. The molecule has 6 nitrogen and oxygen atoms in total. The number of rotatable bonds is 9. The second-order valence-corrected chi connectivity index (χ2v) is 13.1. The Morgan fingerprint density at radius 1 is 0.708 bits per heavy atom. The van der Waals surface area contributed by atoms with Crippen LogP contribution in [-0.2, 0) is 33.9 Å². The van der Waals surface area contributed by atoms with Crippen LogP contribution in [0.4, 0.5) is 0 Å². The first kappa shape index (κ1) is 38.7. The number of β-amino-alcohol motifs (C(OH)–C–C–N with tert-alkyl or cyclic N) is 2. The molecule has 1 unspecified atom stereocenters. The molecule has 0 bridgehead atoms. The zero-order valence-electron chi connectivity index (χ0n) is 27.3. The standard InChI is InChI=1S/C19H23ClNO2P.C18H20ClNO2.CH3Cl/c20-17-8-6-16(7-9-17)19(10-11-21(14-24)12-18(19)22)23-13-15-4-2-1-3-5-15;19-16-8-6-15(7-9-16)18(10-11-20-12-17(18)21)22-13-14-4-2-1-3-5-14;1-2/h1-9,18,22H,10-14,24H2;1-9,17,20-21H,10-13H2;1H3/t18-,19-;17-,18-;/m11./s1. The summed E-state index contributed by atoms with van der Waals surface area (Å²) in [7, 11) is 2.72. The summed E-state index contributed by atoms with van der Waals surface area (Å²) in [5.74, 6) is 0. The Kier molecular flexibility index (Phi) is 15.6. The van der Waals surface area contributed by atoms with E-state index >= 15 is 0 Å². The van der Waals surface area contributed by atoms with Crippen LogP contribution in [0.3, 0.4) is 0 Å². The third-order valence-corrected chi connectivity index (χ3v) is 9.94. The Morgan fingerprint density at radius 2 is 1.17 bits per heavy atom. The molecule has 2 fully saturated rings. The Bertz CT molecular complexity index is 1490. The monoisotopic (exact) mass is 730 g/mol. The number of ether oxygens (including phenoxy) is 2. The van der Waals surface area contributed by atoms with Gasteiger partial charge < -0.3 is 25.0 Å². The molecule has 0 spiro atoms. The van der Waals surface area contributed by atoms with Crippen molar-refractivity contribution in [1.29, 1.82) is 0 Å². The van der Waals surface area contributed by atoms with Crippen LogP contribution < -0.4 is 5.32 Å². The summed E-state index contributed by atoms with van der Waals surface area (Å²) in [6.07, 6.45) is 2.62. The summed E-state index contributed by atoms with van der Waals surface area (Å²) in [5.41, 5.74) is 2.77. The molecule has 0 aliphatic carbocycles. The first-order valence-electron chi connectivity index (χ1n) is 16.1. The van der Waals surface area contributed by atoms with Gasteiger partial charge in [0.05, 0.1) is 25.4 Å². The summed E-state index contributed by atoms with van der Waals surface area (Å²) >= 11 is 16.7. The van der Waals surface area contributed by atoms with Gasteiger partial charge in [-0.25, -0.2) is 0 Å². The van der Waals surface area contributed by atoms with Gasteiger partial charge in [-0.3, -0.25) is 4.90 Å². The molecule has 2 heterocycles. The molecule has 2 saturated heterocycles. The first-order chi connectivity index (χ1) is 23.3. The van der Waals surface area contributed by atoms with E-state index in [4.69, 9.17) is 32.7 Å². The van der Waals surface area contributed by atoms with E-state index < -0.39 is 23.4 Å². The Morgan fingerprint density at radius 3 is 1.58 bits per heavy atom. The largest absolute Gasteiger partial charge is 0.388 e. The minimum Gasteiger partial charge on any atom is -0.388 e. The Hall–Kier alpha value is -2.06. The van der Waals surface area contributed by atoms with E-state index in [9.17, 15) is 10.2 Å². The second kappa shape index (κ2) is 19.4. The van der Waals surface area contributed by atoms with Gasteiger partial charge in [0, 0.05) is 42.3 Å². The average molecular weight is 732 g/mol. The van der Waals surface area contributed by atoms with Gasteiger partial charge in [-0.2, -0.15) is 0 Å². The lowest BCUT2D eigenvalue weighted by molar-refractivity contribution is -0.168. The van der Waals surface area contributed by atoms with Crippen LogP contribution in [-0.4, -0.2) is 66.2 Å². The fraction of sp³-hybridized carbons (Fsp3) is 0.368.